The molecule has 0 spiro atoms. The summed E-state index contributed by atoms with van der Waals surface area (Å²) in [4.78, 5) is 38.1. The molecule has 0 radical (unpaired) electrons. The Hall–Kier alpha value is -4.16. The van der Waals surface area contributed by atoms with Gasteiger partial charge in [-0.25, -0.2) is 14.8 Å². The van der Waals surface area contributed by atoms with Gasteiger partial charge in [0.25, 0.3) is 5.91 Å². The molecule has 194 valence electrons. The lowest BCUT2D eigenvalue weighted by Crippen LogP contribution is -2.49. The van der Waals surface area contributed by atoms with E-state index in [1.165, 1.54) is 11.0 Å². The van der Waals surface area contributed by atoms with E-state index in [9.17, 15) is 22.8 Å². The summed E-state index contributed by atoms with van der Waals surface area (Å²) in [5, 5.41) is 9.08. The second-order valence-electron chi connectivity index (χ2n) is 9.20. The van der Waals surface area contributed by atoms with Crippen molar-refractivity contribution in [2.24, 2.45) is 7.05 Å². The summed E-state index contributed by atoms with van der Waals surface area (Å²) in [6, 6.07) is 3.79. The lowest BCUT2D eigenvalue weighted by Gasteiger charge is -2.35. The minimum atomic E-state index is -4.59. The third-order valence-corrected chi connectivity index (χ3v) is 6.56. The van der Waals surface area contributed by atoms with Crippen molar-refractivity contribution >= 4 is 29.3 Å². The Morgan fingerprint density at radius 3 is 2.70 bits per heavy atom. The number of alkyl halides is 3. The van der Waals surface area contributed by atoms with Crippen LogP contribution in [0, 0.1) is 6.92 Å². The van der Waals surface area contributed by atoms with Crippen LogP contribution in [0.15, 0.2) is 36.7 Å². The highest BCUT2D eigenvalue weighted by Crippen LogP contribution is 2.39. The SMILES string of the molecule is Cc1nn(C)cc1-c1ccnc(NC(=O)N2c3nc(C(=O)N[C@H](C)C(F)(F)F)ccc3N3CCC2C3)c1. The molecule has 1 unspecified atom stereocenters. The van der Waals surface area contributed by atoms with E-state index in [1.807, 2.05) is 36.5 Å². The largest absolute Gasteiger partial charge is 0.408 e. The first-order valence-corrected chi connectivity index (χ1v) is 11.7. The molecule has 2 bridgehead atoms. The van der Waals surface area contributed by atoms with Crippen LogP contribution in [0.4, 0.5) is 35.3 Å². The first-order valence-electron chi connectivity index (χ1n) is 11.7. The number of nitrogens with zero attached hydrogens (tertiary/aromatic N) is 6. The number of carbonyl (C=O) groups is 2. The van der Waals surface area contributed by atoms with Gasteiger partial charge >= 0.3 is 12.2 Å². The lowest BCUT2D eigenvalue weighted by atomic mass is 10.1. The van der Waals surface area contributed by atoms with Gasteiger partial charge in [0.2, 0.25) is 0 Å². The summed E-state index contributed by atoms with van der Waals surface area (Å²) in [5.41, 5.74) is 2.99. The summed E-state index contributed by atoms with van der Waals surface area (Å²) in [7, 11) is 1.82. The third kappa shape index (κ3) is 4.68. The first-order chi connectivity index (χ1) is 17.5. The molecule has 0 aliphatic carbocycles. The van der Waals surface area contributed by atoms with Crippen molar-refractivity contribution in [3.8, 4) is 11.1 Å². The Balaban J connectivity index is 1.42. The van der Waals surface area contributed by atoms with Crippen LogP contribution in [-0.4, -0.2) is 63.0 Å². The summed E-state index contributed by atoms with van der Waals surface area (Å²) >= 11 is 0. The molecule has 3 aromatic rings. The van der Waals surface area contributed by atoms with Gasteiger partial charge < -0.3 is 10.2 Å². The Bertz CT molecular complexity index is 1370. The molecule has 2 aliphatic rings. The molecular formula is C24H25F3N8O2. The van der Waals surface area contributed by atoms with Crippen LogP contribution in [0.2, 0.25) is 0 Å². The molecule has 10 nitrogen and oxygen atoms in total. The zero-order valence-corrected chi connectivity index (χ0v) is 20.4. The number of urea groups is 1. The number of nitrogens with one attached hydrogen (secondary N) is 2. The van der Waals surface area contributed by atoms with Gasteiger partial charge in [0.1, 0.15) is 17.6 Å². The van der Waals surface area contributed by atoms with Gasteiger partial charge in [0.15, 0.2) is 5.82 Å². The highest BCUT2D eigenvalue weighted by atomic mass is 19.4. The van der Waals surface area contributed by atoms with E-state index in [1.54, 1.807) is 23.0 Å². The Kier molecular flexibility index (Phi) is 6.00. The fourth-order valence-electron chi connectivity index (χ4n) is 4.67. The topological polar surface area (TPSA) is 108 Å². The fourth-order valence-corrected chi connectivity index (χ4v) is 4.67. The van der Waals surface area contributed by atoms with Gasteiger partial charge in [-0.2, -0.15) is 18.3 Å². The second-order valence-corrected chi connectivity index (χ2v) is 9.20. The van der Waals surface area contributed by atoms with Gasteiger partial charge in [0.05, 0.1) is 17.4 Å². The lowest BCUT2D eigenvalue weighted by molar-refractivity contribution is -0.149. The summed E-state index contributed by atoms with van der Waals surface area (Å²) < 4.78 is 40.5. The molecule has 2 N–H and O–H groups in total. The Labute approximate surface area is 210 Å². The quantitative estimate of drug-likeness (QED) is 0.552. The van der Waals surface area contributed by atoms with E-state index in [0.717, 1.165) is 23.7 Å². The summed E-state index contributed by atoms with van der Waals surface area (Å²) in [6.45, 7) is 4.02. The first kappa shape index (κ1) is 24.5. The molecule has 37 heavy (non-hydrogen) atoms. The van der Waals surface area contributed by atoms with Gasteiger partial charge in [0, 0.05) is 38.1 Å². The van der Waals surface area contributed by atoms with Crippen LogP contribution in [0.1, 0.15) is 29.5 Å². The van der Waals surface area contributed by atoms with E-state index in [0.29, 0.717) is 31.0 Å². The highest BCUT2D eigenvalue weighted by molar-refractivity contribution is 6.05. The van der Waals surface area contributed by atoms with E-state index < -0.39 is 24.2 Å². The maximum absolute atomic E-state index is 13.5. The van der Waals surface area contributed by atoms with E-state index >= 15 is 0 Å². The number of amides is 3. The highest BCUT2D eigenvalue weighted by Gasteiger charge is 2.41. The molecular weight excluding hydrogens is 489 g/mol. The van der Waals surface area contributed by atoms with Crippen LogP contribution in [0.5, 0.6) is 0 Å². The number of aromatic nitrogens is 4. The van der Waals surface area contributed by atoms with Crippen molar-refractivity contribution in [1.82, 2.24) is 25.1 Å². The molecule has 3 amide bonds. The van der Waals surface area contributed by atoms with Gasteiger partial charge in [-0.05, 0) is 50.1 Å². The molecule has 5 rings (SSSR count). The number of aryl methyl sites for hydroxylation is 2. The molecule has 2 aliphatic heterocycles. The van der Waals surface area contributed by atoms with Crippen molar-refractivity contribution in [2.45, 2.75) is 38.5 Å². The average Bonchev–Trinajstić information content (AvgIpc) is 3.41. The Morgan fingerprint density at radius 2 is 2.00 bits per heavy atom. The number of pyridine rings is 2. The van der Waals surface area contributed by atoms with Gasteiger partial charge in [-0.15, -0.1) is 0 Å². The van der Waals surface area contributed by atoms with Crippen LogP contribution in [-0.2, 0) is 7.05 Å². The summed E-state index contributed by atoms with van der Waals surface area (Å²) in [5.74, 6) is -0.430. The van der Waals surface area contributed by atoms with Gasteiger partial charge in [-0.3, -0.25) is 19.7 Å². The predicted molar refractivity (Wildman–Crippen MR) is 131 cm³/mol. The third-order valence-electron chi connectivity index (χ3n) is 6.56. The molecule has 0 aromatic carbocycles. The normalized spacial score (nSPS) is 17.4. The average molecular weight is 515 g/mol. The second kappa shape index (κ2) is 9.05. The monoisotopic (exact) mass is 514 g/mol. The molecule has 1 saturated heterocycles. The summed E-state index contributed by atoms with van der Waals surface area (Å²) in [6.07, 6.45) is -0.447. The number of rotatable bonds is 4. The van der Waals surface area contributed by atoms with Gasteiger partial charge in [-0.1, -0.05) is 0 Å². The molecule has 13 heteroatoms. The van der Waals surface area contributed by atoms with Crippen molar-refractivity contribution in [2.75, 3.05) is 28.2 Å². The number of halogens is 3. The smallest absolute Gasteiger partial charge is 0.366 e. The van der Waals surface area contributed by atoms with Crippen LogP contribution in [0.25, 0.3) is 11.1 Å². The fraction of sp³-hybridized carbons (Fsp3) is 0.375. The number of fused-ring (bicyclic) bond motifs is 4. The zero-order chi connectivity index (χ0) is 26.5. The van der Waals surface area contributed by atoms with E-state index in [4.69, 9.17) is 0 Å². The van der Waals surface area contributed by atoms with Crippen molar-refractivity contribution in [3.63, 3.8) is 0 Å². The number of hydrogen-bond acceptors (Lipinski definition) is 6. The van der Waals surface area contributed by atoms with Crippen molar-refractivity contribution < 1.29 is 22.8 Å². The van der Waals surface area contributed by atoms with Crippen LogP contribution >= 0.6 is 0 Å². The predicted octanol–water partition coefficient (Wildman–Crippen LogP) is 3.50. The number of hydrogen-bond donors (Lipinski definition) is 2. The number of anilines is 3. The minimum Gasteiger partial charge on any atom is -0.366 e. The van der Waals surface area contributed by atoms with Crippen molar-refractivity contribution in [3.05, 3.63) is 48.0 Å². The zero-order valence-electron chi connectivity index (χ0n) is 20.4. The Morgan fingerprint density at radius 1 is 1.22 bits per heavy atom. The van der Waals surface area contributed by atoms with Crippen LogP contribution in [0.3, 0.4) is 0 Å². The number of carbonyl (C=O) groups excluding carboxylic acids is 2. The molecule has 2 atom stereocenters. The molecule has 5 heterocycles. The van der Waals surface area contributed by atoms with Crippen LogP contribution < -0.4 is 20.4 Å². The van der Waals surface area contributed by atoms with E-state index in [-0.39, 0.29) is 17.6 Å². The van der Waals surface area contributed by atoms with E-state index in [2.05, 4.69) is 20.4 Å². The molecule has 3 aromatic heterocycles. The standard InChI is InChI=1S/C24H25F3N8O2/c1-13-17(12-33(3)32-13)15-6-8-28-20(10-15)31-23(37)35-16-7-9-34(11-16)19-5-4-18(30-21(19)35)22(36)29-14(2)24(25,26)27/h4-6,8,10,12,14,16H,7,9,11H2,1-3H3,(H,29,36)(H,28,31,37)/t14-,16?/m1/s1. The maximum Gasteiger partial charge on any atom is 0.408 e. The maximum atomic E-state index is 13.5. The molecule has 0 saturated carbocycles. The van der Waals surface area contributed by atoms with Crippen molar-refractivity contribution in [1.29, 1.82) is 0 Å². The molecule has 1 fully saturated rings. The minimum absolute atomic E-state index is 0.206.